The third-order valence-electron chi connectivity index (χ3n) is 4.87. The van der Waals surface area contributed by atoms with Gasteiger partial charge in [-0.2, -0.15) is 0 Å². The van der Waals surface area contributed by atoms with Crippen LogP contribution in [0, 0.1) is 0 Å². The van der Waals surface area contributed by atoms with E-state index in [4.69, 9.17) is 14.5 Å². The molecule has 1 atom stereocenters. The molecule has 0 spiro atoms. The zero-order chi connectivity index (χ0) is 18.8. The van der Waals surface area contributed by atoms with Crippen molar-refractivity contribution in [2.45, 2.75) is 45.7 Å². The molecule has 1 unspecified atom stereocenters. The highest BCUT2D eigenvalue weighted by Gasteiger charge is 2.20. The molecule has 1 heterocycles. The number of likely N-dealkylation sites (tertiary alicyclic amines) is 1. The standard InChI is InChI=1S/C20H34N4O2.HI/c1-5-21-20(23-15-17-9-7-8-12-24(17)6-2)22-14-16-10-11-18(25-3)19(13-16)26-4;/h10-11,13,17H,5-9,12,14-15H2,1-4H3,(H2,21,22,23);1H. The molecule has 0 radical (unpaired) electrons. The molecule has 1 aromatic carbocycles. The molecule has 154 valence electrons. The van der Waals surface area contributed by atoms with Crippen molar-refractivity contribution in [3.05, 3.63) is 23.8 Å². The number of benzene rings is 1. The lowest BCUT2D eigenvalue weighted by molar-refractivity contribution is 0.157. The van der Waals surface area contributed by atoms with Crippen LogP contribution >= 0.6 is 24.0 Å². The van der Waals surface area contributed by atoms with Crippen molar-refractivity contribution in [1.29, 1.82) is 0 Å². The number of hydrogen-bond donors (Lipinski definition) is 2. The van der Waals surface area contributed by atoms with Crippen LogP contribution in [0.25, 0.3) is 0 Å². The third-order valence-corrected chi connectivity index (χ3v) is 4.87. The highest BCUT2D eigenvalue weighted by Crippen LogP contribution is 2.27. The van der Waals surface area contributed by atoms with Gasteiger partial charge < -0.3 is 20.1 Å². The van der Waals surface area contributed by atoms with E-state index in [1.165, 1.54) is 25.8 Å². The molecule has 0 bridgehead atoms. The first-order chi connectivity index (χ1) is 12.7. The summed E-state index contributed by atoms with van der Waals surface area (Å²) in [6.07, 6.45) is 3.90. The van der Waals surface area contributed by atoms with Gasteiger partial charge in [0.25, 0.3) is 0 Å². The fourth-order valence-corrected chi connectivity index (χ4v) is 3.41. The minimum atomic E-state index is 0. The molecule has 1 fully saturated rings. The first-order valence-electron chi connectivity index (χ1n) is 9.68. The molecule has 2 rings (SSSR count). The van der Waals surface area contributed by atoms with Gasteiger partial charge in [0, 0.05) is 19.1 Å². The van der Waals surface area contributed by atoms with Gasteiger partial charge in [0.2, 0.25) is 0 Å². The number of ether oxygens (including phenoxy) is 2. The second-order valence-electron chi connectivity index (χ2n) is 6.54. The lowest BCUT2D eigenvalue weighted by Gasteiger charge is -2.35. The number of nitrogens with one attached hydrogen (secondary N) is 2. The van der Waals surface area contributed by atoms with E-state index >= 15 is 0 Å². The summed E-state index contributed by atoms with van der Waals surface area (Å²) in [5, 5.41) is 6.86. The predicted molar refractivity (Wildman–Crippen MR) is 123 cm³/mol. The quantitative estimate of drug-likeness (QED) is 0.333. The molecule has 1 aliphatic rings. The summed E-state index contributed by atoms with van der Waals surface area (Å²) in [5.74, 6) is 2.34. The number of guanidine groups is 1. The number of piperidine rings is 1. The fourth-order valence-electron chi connectivity index (χ4n) is 3.41. The van der Waals surface area contributed by atoms with Crippen LogP contribution in [0.15, 0.2) is 23.2 Å². The van der Waals surface area contributed by atoms with E-state index in [1.807, 2.05) is 18.2 Å². The number of aliphatic imine (C=N–C) groups is 1. The van der Waals surface area contributed by atoms with Crippen LogP contribution < -0.4 is 20.1 Å². The maximum absolute atomic E-state index is 5.37. The minimum Gasteiger partial charge on any atom is -0.493 e. The van der Waals surface area contributed by atoms with Crippen molar-refractivity contribution in [1.82, 2.24) is 15.5 Å². The average Bonchev–Trinajstić information content (AvgIpc) is 2.69. The van der Waals surface area contributed by atoms with E-state index in [0.29, 0.717) is 12.6 Å². The van der Waals surface area contributed by atoms with Crippen molar-refractivity contribution in [3.63, 3.8) is 0 Å². The van der Waals surface area contributed by atoms with Crippen LogP contribution in [0.2, 0.25) is 0 Å². The maximum Gasteiger partial charge on any atom is 0.191 e. The van der Waals surface area contributed by atoms with E-state index in [9.17, 15) is 0 Å². The monoisotopic (exact) mass is 490 g/mol. The summed E-state index contributed by atoms with van der Waals surface area (Å²) in [5.41, 5.74) is 1.09. The van der Waals surface area contributed by atoms with E-state index < -0.39 is 0 Å². The third kappa shape index (κ3) is 7.37. The summed E-state index contributed by atoms with van der Waals surface area (Å²) in [6, 6.07) is 6.52. The average molecular weight is 490 g/mol. The number of likely N-dealkylation sites (N-methyl/N-ethyl adjacent to an activating group) is 1. The molecule has 2 N–H and O–H groups in total. The molecule has 7 heteroatoms. The summed E-state index contributed by atoms with van der Waals surface area (Å²) in [6.45, 7) is 9.04. The van der Waals surface area contributed by atoms with Gasteiger partial charge in [-0.3, -0.25) is 4.90 Å². The van der Waals surface area contributed by atoms with Crippen molar-refractivity contribution in [3.8, 4) is 11.5 Å². The van der Waals surface area contributed by atoms with Gasteiger partial charge in [-0.15, -0.1) is 24.0 Å². The van der Waals surface area contributed by atoms with Crippen molar-refractivity contribution in [2.75, 3.05) is 40.4 Å². The number of rotatable bonds is 8. The van der Waals surface area contributed by atoms with Crippen molar-refractivity contribution in [2.24, 2.45) is 4.99 Å². The molecule has 1 saturated heterocycles. The maximum atomic E-state index is 5.37. The van der Waals surface area contributed by atoms with Crippen LogP contribution in [0.3, 0.4) is 0 Å². The van der Waals surface area contributed by atoms with Gasteiger partial charge in [0.1, 0.15) is 0 Å². The first kappa shape index (κ1) is 23.8. The van der Waals surface area contributed by atoms with E-state index in [1.54, 1.807) is 14.2 Å². The van der Waals surface area contributed by atoms with Crippen LogP contribution in [0.4, 0.5) is 0 Å². The second kappa shape index (κ2) is 13.0. The molecule has 6 nitrogen and oxygen atoms in total. The SMILES string of the molecule is CCNC(=NCc1ccc(OC)c(OC)c1)NCC1CCCCN1CC.I. The number of halogens is 1. The molecule has 1 aliphatic heterocycles. The molecular weight excluding hydrogens is 455 g/mol. The van der Waals surface area contributed by atoms with E-state index in [-0.39, 0.29) is 24.0 Å². The smallest absolute Gasteiger partial charge is 0.191 e. The van der Waals surface area contributed by atoms with Gasteiger partial charge >= 0.3 is 0 Å². The molecule has 0 amide bonds. The lowest BCUT2D eigenvalue weighted by Crippen LogP contribution is -2.49. The zero-order valence-corrected chi connectivity index (χ0v) is 19.4. The van der Waals surface area contributed by atoms with Crippen LogP contribution in [-0.4, -0.2) is 57.3 Å². The Hall–Kier alpha value is -1.22. The van der Waals surface area contributed by atoms with Gasteiger partial charge in [0.05, 0.1) is 20.8 Å². The first-order valence-corrected chi connectivity index (χ1v) is 9.68. The molecule has 27 heavy (non-hydrogen) atoms. The predicted octanol–water partition coefficient (Wildman–Crippen LogP) is 3.25. The topological polar surface area (TPSA) is 58.1 Å². The Morgan fingerprint density at radius 1 is 1.15 bits per heavy atom. The summed E-state index contributed by atoms with van der Waals surface area (Å²) in [4.78, 5) is 7.29. The lowest BCUT2D eigenvalue weighted by atomic mass is 10.0. The highest BCUT2D eigenvalue weighted by molar-refractivity contribution is 14.0. The minimum absolute atomic E-state index is 0. The van der Waals surface area contributed by atoms with Crippen LogP contribution in [-0.2, 0) is 6.54 Å². The summed E-state index contributed by atoms with van der Waals surface area (Å²) in [7, 11) is 3.30. The van der Waals surface area contributed by atoms with Gasteiger partial charge in [0.15, 0.2) is 17.5 Å². The molecular formula is C20H35IN4O2. The molecule has 0 aromatic heterocycles. The molecule has 0 saturated carbocycles. The van der Waals surface area contributed by atoms with Gasteiger partial charge in [-0.25, -0.2) is 4.99 Å². The zero-order valence-electron chi connectivity index (χ0n) is 17.1. The van der Waals surface area contributed by atoms with E-state index in [0.717, 1.165) is 42.7 Å². The van der Waals surface area contributed by atoms with Gasteiger partial charge in [-0.05, 0) is 50.6 Å². The second-order valence-corrected chi connectivity index (χ2v) is 6.54. The number of hydrogen-bond acceptors (Lipinski definition) is 4. The van der Waals surface area contributed by atoms with E-state index in [2.05, 4.69) is 29.4 Å². The summed E-state index contributed by atoms with van der Waals surface area (Å²) < 4.78 is 10.7. The Morgan fingerprint density at radius 3 is 2.59 bits per heavy atom. The highest BCUT2D eigenvalue weighted by atomic mass is 127. The molecule has 0 aliphatic carbocycles. The fraction of sp³-hybridized carbons (Fsp3) is 0.650. The number of nitrogens with zero attached hydrogens (tertiary/aromatic N) is 2. The Bertz CT molecular complexity index is 583. The van der Waals surface area contributed by atoms with Crippen molar-refractivity contribution < 1.29 is 9.47 Å². The van der Waals surface area contributed by atoms with Crippen LogP contribution in [0.1, 0.15) is 38.7 Å². The normalized spacial score (nSPS) is 17.8. The van der Waals surface area contributed by atoms with Crippen molar-refractivity contribution >= 4 is 29.9 Å². The Kier molecular flexibility index (Phi) is 11.5. The number of methoxy groups -OCH3 is 2. The largest absolute Gasteiger partial charge is 0.493 e. The Morgan fingerprint density at radius 2 is 1.93 bits per heavy atom. The molecule has 1 aromatic rings. The summed E-state index contributed by atoms with van der Waals surface area (Å²) >= 11 is 0. The Labute approximate surface area is 181 Å². The van der Waals surface area contributed by atoms with Gasteiger partial charge in [-0.1, -0.05) is 19.4 Å². The Balaban J connectivity index is 0.00000364. The van der Waals surface area contributed by atoms with Crippen LogP contribution in [0.5, 0.6) is 11.5 Å².